The number of carboxylic acid groups (broad SMARTS) is 1. The zero-order valence-electron chi connectivity index (χ0n) is 24.8. The van der Waals surface area contributed by atoms with Gasteiger partial charge in [-0.15, -0.1) is 0 Å². The SMILES string of the molecule is COc1ccc(-c2nc(SCCCC(=O)N[C@@H](CCCCNC(C)=O)C(=O)O)n(C(C)=O)c2-c2ccc(OC)cc2)cc1. The molecule has 0 unspecified atom stereocenters. The highest BCUT2D eigenvalue weighted by molar-refractivity contribution is 7.99. The second kappa shape index (κ2) is 16.4. The van der Waals surface area contributed by atoms with Gasteiger partial charge >= 0.3 is 5.97 Å². The van der Waals surface area contributed by atoms with Crippen molar-refractivity contribution in [3.8, 4) is 34.0 Å². The summed E-state index contributed by atoms with van der Waals surface area (Å²) in [6.45, 7) is 3.36. The van der Waals surface area contributed by atoms with Gasteiger partial charge in [0.15, 0.2) is 5.16 Å². The molecular formula is C31H38N4O7S. The molecule has 0 bridgehead atoms. The van der Waals surface area contributed by atoms with Crippen LogP contribution in [0.25, 0.3) is 22.5 Å². The van der Waals surface area contributed by atoms with Gasteiger partial charge in [0.25, 0.3) is 0 Å². The molecule has 0 aliphatic rings. The number of nitrogens with zero attached hydrogens (tertiary/aromatic N) is 2. The lowest BCUT2D eigenvalue weighted by Crippen LogP contribution is -2.40. The molecule has 2 amide bonds. The van der Waals surface area contributed by atoms with Gasteiger partial charge in [0, 0.05) is 43.7 Å². The molecule has 3 N–H and O–H groups in total. The number of carbonyl (C=O) groups excluding carboxylic acids is 3. The van der Waals surface area contributed by atoms with Gasteiger partial charge in [0.2, 0.25) is 17.7 Å². The minimum absolute atomic E-state index is 0.125. The fourth-order valence-electron chi connectivity index (χ4n) is 4.41. The quantitative estimate of drug-likeness (QED) is 0.156. The normalized spacial score (nSPS) is 11.4. The van der Waals surface area contributed by atoms with Crippen LogP contribution >= 0.6 is 11.8 Å². The lowest BCUT2D eigenvalue weighted by molar-refractivity contribution is -0.142. The van der Waals surface area contributed by atoms with Crippen molar-refractivity contribution in [2.45, 2.75) is 57.1 Å². The molecule has 1 atom stereocenters. The molecule has 12 heteroatoms. The van der Waals surface area contributed by atoms with Crippen LogP contribution in [-0.2, 0) is 14.4 Å². The maximum absolute atomic E-state index is 12.9. The Morgan fingerprint density at radius 1 is 0.907 bits per heavy atom. The number of benzene rings is 2. The fourth-order valence-corrected chi connectivity index (χ4v) is 5.39. The molecule has 0 fully saturated rings. The second-order valence-electron chi connectivity index (χ2n) is 9.79. The van der Waals surface area contributed by atoms with E-state index in [0.29, 0.717) is 59.6 Å². The Morgan fingerprint density at radius 3 is 2.05 bits per heavy atom. The summed E-state index contributed by atoms with van der Waals surface area (Å²) in [6, 6.07) is 13.8. The monoisotopic (exact) mass is 610 g/mol. The zero-order chi connectivity index (χ0) is 31.4. The molecule has 2 aromatic carbocycles. The Bertz CT molecular complexity index is 1400. The maximum Gasteiger partial charge on any atom is 0.326 e. The summed E-state index contributed by atoms with van der Waals surface area (Å²) in [5, 5.41) is 15.2. The Labute approximate surface area is 255 Å². The first-order valence-electron chi connectivity index (χ1n) is 14.0. The summed E-state index contributed by atoms with van der Waals surface area (Å²) in [4.78, 5) is 52.9. The van der Waals surface area contributed by atoms with Crippen LogP contribution in [0.5, 0.6) is 11.5 Å². The van der Waals surface area contributed by atoms with Crippen molar-refractivity contribution in [1.29, 1.82) is 0 Å². The van der Waals surface area contributed by atoms with Gasteiger partial charge in [-0.25, -0.2) is 9.78 Å². The number of aliphatic carboxylic acids is 1. The third-order valence-electron chi connectivity index (χ3n) is 6.59. The predicted molar refractivity (Wildman–Crippen MR) is 165 cm³/mol. The molecule has 3 aromatic rings. The number of amides is 2. The van der Waals surface area contributed by atoms with Crippen LogP contribution in [0.15, 0.2) is 53.7 Å². The van der Waals surface area contributed by atoms with E-state index in [1.165, 1.54) is 25.6 Å². The summed E-state index contributed by atoms with van der Waals surface area (Å²) >= 11 is 1.35. The van der Waals surface area contributed by atoms with Crippen molar-refractivity contribution >= 4 is 35.5 Å². The Kier molecular flexibility index (Phi) is 12.6. The lowest BCUT2D eigenvalue weighted by Gasteiger charge is -2.14. The zero-order valence-corrected chi connectivity index (χ0v) is 25.7. The number of carbonyl (C=O) groups is 4. The Morgan fingerprint density at radius 2 is 1.51 bits per heavy atom. The predicted octanol–water partition coefficient (Wildman–Crippen LogP) is 4.64. The van der Waals surface area contributed by atoms with E-state index in [1.807, 2.05) is 48.5 Å². The van der Waals surface area contributed by atoms with E-state index in [-0.39, 0.29) is 30.6 Å². The van der Waals surface area contributed by atoms with Crippen LogP contribution in [-0.4, -0.2) is 70.9 Å². The van der Waals surface area contributed by atoms with E-state index in [1.54, 1.807) is 18.8 Å². The van der Waals surface area contributed by atoms with Crippen molar-refractivity contribution in [3.05, 3.63) is 48.5 Å². The summed E-state index contributed by atoms with van der Waals surface area (Å²) in [6.07, 6.45) is 2.02. The number of hydrogen-bond acceptors (Lipinski definition) is 8. The summed E-state index contributed by atoms with van der Waals surface area (Å²) in [7, 11) is 3.18. The number of methoxy groups -OCH3 is 2. The van der Waals surface area contributed by atoms with E-state index >= 15 is 0 Å². The third kappa shape index (κ3) is 9.60. The van der Waals surface area contributed by atoms with Crippen LogP contribution in [0.3, 0.4) is 0 Å². The molecule has 0 spiro atoms. The molecule has 0 radical (unpaired) electrons. The van der Waals surface area contributed by atoms with Gasteiger partial charge in [0.1, 0.15) is 17.5 Å². The fraction of sp³-hybridized carbons (Fsp3) is 0.387. The van der Waals surface area contributed by atoms with Gasteiger partial charge in [-0.3, -0.25) is 19.0 Å². The topological polar surface area (TPSA) is 149 Å². The first-order valence-corrected chi connectivity index (χ1v) is 14.9. The van der Waals surface area contributed by atoms with Gasteiger partial charge in [-0.05, 0) is 74.2 Å². The highest BCUT2D eigenvalue weighted by Crippen LogP contribution is 2.37. The van der Waals surface area contributed by atoms with Crippen molar-refractivity contribution in [2.24, 2.45) is 0 Å². The van der Waals surface area contributed by atoms with Gasteiger partial charge in [0.05, 0.1) is 25.6 Å². The summed E-state index contributed by atoms with van der Waals surface area (Å²) in [5.41, 5.74) is 2.87. The number of nitrogens with one attached hydrogen (secondary N) is 2. The first kappa shape index (κ1) is 33.2. The smallest absolute Gasteiger partial charge is 0.326 e. The van der Waals surface area contributed by atoms with Crippen LogP contribution in [0, 0.1) is 0 Å². The molecular weight excluding hydrogens is 572 g/mol. The number of carboxylic acids is 1. The lowest BCUT2D eigenvalue weighted by atomic mass is 10.0. The van der Waals surface area contributed by atoms with Crippen LogP contribution in [0.2, 0.25) is 0 Å². The number of aromatic nitrogens is 2. The van der Waals surface area contributed by atoms with Gasteiger partial charge in [-0.2, -0.15) is 0 Å². The molecule has 1 aromatic heterocycles. The molecule has 0 saturated heterocycles. The summed E-state index contributed by atoms with van der Waals surface area (Å²) < 4.78 is 12.2. The minimum atomic E-state index is -1.09. The number of thioether (sulfide) groups is 1. The molecule has 43 heavy (non-hydrogen) atoms. The standard InChI is InChI=1S/C31H38N4O7S/c1-20(36)32-18-6-5-8-26(30(39)40)33-27(38)9-7-19-43-31-34-28(22-10-14-24(41-3)15-11-22)29(35(31)21(2)37)23-12-16-25(42-4)17-13-23/h10-17,26H,5-9,18-19H2,1-4H3,(H,32,36)(H,33,38)(H,39,40)/t26-/m0/s1. The molecule has 0 aliphatic carbocycles. The number of hydrogen-bond donors (Lipinski definition) is 3. The average Bonchev–Trinajstić information content (AvgIpc) is 3.38. The van der Waals surface area contributed by atoms with E-state index in [0.717, 1.165) is 11.1 Å². The highest BCUT2D eigenvalue weighted by Gasteiger charge is 2.24. The van der Waals surface area contributed by atoms with Crippen molar-refractivity contribution in [1.82, 2.24) is 20.2 Å². The molecule has 0 saturated carbocycles. The number of ether oxygens (including phenoxy) is 2. The van der Waals surface area contributed by atoms with Gasteiger partial charge in [-0.1, -0.05) is 11.8 Å². The van der Waals surface area contributed by atoms with E-state index in [9.17, 15) is 24.3 Å². The Balaban J connectivity index is 1.72. The van der Waals surface area contributed by atoms with E-state index in [4.69, 9.17) is 14.5 Å². The minimum Gasteiger partial charge on any atom is -0.497 e. The largest absolute Gasteiger partial charge is 0.497 e. The molecule has 11 nitrogen and oxygen atoms in total. The summed E-state index contributed by atoms with van der Waals surface area (Å²) in [5.74, 6) is 0.0682. The molecule has 230 valence electrons. The average molecular weight is 611 g/mol. The van der Waals surface area contributed by atoms with Crippen molar-refractivity contribution in [2.75, 3.05) is 26.5 Å². The molecule has 0 aliphatic heterocycles. The van der Waals surface area contributed by atoms with Crippen molar-refractivity contribution in [3.63, 3.8) is 0 Å². The van der Waals surface area contributed by atoms with Crippen LogP contribution < -0.4 is 20.1 Å². The molecule has 3 rings (SSSR count). The molecule has 1 heterocycles. The Hall–Kier alpha value is -4.32. The number of rotatable bonds is 16. The van der Waals surface area contributed by atoms with Gasteiger partial charge < -0.3 is 25.2 Å². The van der Waals surface area contributed by atoms with Crippen LogP contribution in [0.4, 0.5) is 0 Å². The van der Waals surface area contributed by atoms with Crippen LogP contribution in [0.1, 0.15) is 50.7 Å². The number of imidazole rings is 1. The second-order valence-corrected chi connectivity index (χ2v) is 10.9. The third-order valence-corrected chi connectivity index (χ3v) is 7.62. The highest BCUT2D eigenvalue weighted by atomic mass is 32.2. The number of unbranched alkanes of at least 4 members (excludes halogenated alkanes) is 1. The van der Waals surface area contributed by atoms with E-state index in [2.05, 4.69) is 10.6 Å². The first-order chi connectivity index (χ1) is 20.6. The van der Waals surface area contributed by atoms with E-state index < -0.39 is 12.0 Å². The maximum atomic E-state index is 12.9. The van der Waals surface area contributed by atoms with Crippen molar-refractivity contribution < 1.29 is 33.8 Å².